The first-order valence-corrected chi connectivity index (χ1v) is 6.10. The first kappa shape index (κ1) is 11.8. The molecule has 0 aliphatic rings. The normalized spacial score (nSPS) is 10.5. The molecule has 0 radical (unpaired) electrons. The lowest BCUT2D eigenvalue weighted by atomic mass is 10.3. The zero-order valence-corrected chi connectivity index (χ0v) is 10.8. The molecule has 0 saturated carbocycles. The topological polar surface area (TPSA) is 59.8 Å². The molecular weight excluding hydrogens is 236 g/mol. The second-order valence-electron chi connectivity index (χ2n) is 3.72. The van der Waals surface area contributed by atoms with Crippen LogP contribution in [0.15, 0.2) is 17.1 Å². The molecule has 0 aliphatic carbocycles. The van der Waals surface area contributed by atoms with E-state index < -0.39 is 0 Å². The molecule has 5 nitrogen and oxygen atoms in total. The van der Waals surface area contributed by atoms with E-state index in [9.17, 15) is 4.79 Å². The third-order valence-corrected chi connectivity index (χ3v) is 3.63. The van der Waals surface area contributed by atoms with Crippen molar-refractivity contribution in [2.75, 3.05) is 12.4 Å². The van der Waals surface area contributed by atoms with Crippen LogP contribution in [0.1, 0.15) is 16.3 Å². The van der Waals surface area contributed by atoms with Crippen LogP contribution in [0.25, 0.3) is 0 Å². The van der Waals surface area contributed by atoms with Crippen LogP contribution < -0.4 is 10.2 Å². The summed E-state index contributed by atoms with van der Waals surface area (Å²) in [6, 6.07) is 1.82. The lowest BCUT2D eigenvalue weighted by Crippen LogP contribution is -2.16. The van der Waals surface area contributed by atoms with Crippen LogP contribution in [0.5, 0.6) is 0 Å². The van der Waals surface area contributed by atoms with Crippen LogP contribution >= 0.6 is 11.3 Å². The van der Waals surface area contributed by atoms with Crippen LogP contribution in [0.2, 0.25) is 0 Å². The summed E-state index contributed by atoms with van der Waals surface area (Å²) in [5.41, 5.74) is 1.83. The van der Waals surface area contributed by atoms with Gasteiger partial charge in [-0.25, -0.2) is 9.97 Å². The number of anilines is 1. The van der Waals surface area contributed by atoms with Gasteiger partial charge in [-0.05, 0) is 19.9 Å². The molecule has 0 atom stereocenters. The minimum Gasteiger partial charge on any atom is -0.357 e. The van der Waals surface area contributed by atoms with Gasteiger partial charge in [0.15, 0.2) is 0 Å². The quantitative estimate of drug-likeness (QED) is 0.894. The molecule has 0 unspecified atom stereocenters. The van der Waals surface area contributed by atoms with Crippen LogP contribution in [-0.2, 0) is 6.54 Å². The van der Waals surface area contributed by atoms with E-state index in [0.717, 1.165) is 16.3 Å². The Labute approximate surface area is 103 Å². The fraction of sp³-hybridized carbons (Fsp3) is 0.364. The molecule has 6 heteroatoms. The van der Waals surface area contributed by atoms with E-state index in [2.05, 4.69) is 15.3 Å². The summed E-state index contributed by atoms with van der Waals surface area (Å²) < 4.78 is 1.74. The molecule has 2 aromatic rings. The SMILES string of the molecule is CNc1nccc(Cn2c(C)c(C)sc2=O)n1. The van der Waals surface area contributed by atoms with E-state index >= 15 is 0 Å². The second kappa shape index (κ2) is 4.67. The van der Waals surface area contributed by atoms with Crippen molar-refractivity contribution in [3.8, 4) is 0 Å². The molecule has 0 saturated heterocycles. The molecule has 1 N–H and O–H groups in total. The van der Waals surface area contributed by atoms with E-state index in [-0.39, 0.29) is 4.87 Å². The zero-order valence-electron chi connectivity index (χ0n) is 10.0. The van der Waals surface area contributed by atoms with Crippen molar-refractivity contribution in [3.05, 3.63) is 38.2 Å². The van der Waals surface area contributed by atoms with Gasteiger partial charge in [-0.3, -0.25) is 9.36 Å². The van der Waals surface area contributed by atoms with Crippen LogP contribution in [0, 0.1) is 13.8 Å². The van der Waals surface area contributed by atoms with Gasteiger partial charge >= 0.3 is 4.87 Å². The van der Waals surface area contributed by atoms with Gasteiger partial charge in [-0.15, -0.1) is 0 Å². The van der Waals surface area contributed by atoms with Gasteiger partial charge in [0.2, 0.25) is 5.95 Å². The van der Waals surface area contributed by atoms with Crippen molar-refractivity contribution < 1.29 is 0 Å². The van der Waals surface area contributed by atoms with Gasteiger partial charge in [0.1, 0.15) is 0 Å². The van der Waals surface area contributed by atoms with Gasteiger partial charge in [-0.2, -0.15) is 0 Å². The Kier molecular flexibility index (Phi) is 3.23. The molecule has 2 rings (SSSR count). The number of nitrogens with one attached hydrogen (secondary N) is 1. The van der Waals surface area contributed by atoms with Gasteiger partial charge in [0, 0.05) is 23.8 Å². The highest BCUT2D eigenvalue weighted by Gasteiger charge is 2.08. The van der Waals surface area contributed by atoms with Crippen LogP contribution in [0.3, 0.4) is 0 Å². The van der Waals surface area contributed by atoms with Gasteiger partial charge < -0.3 is 5.32 Å². The summed E-state index contributed by atoms with van der Waals surface area (Å²) in [5, 5.41) is 2.88. The lowest BCUT2D eigenvalue weighted by molar-refractivity contribution is 0.730. The summed E-state index contributed by atoms with van der Waals surface area (Å²) >= 11 is 1.27. The fourth-order valence-corrected chi connectivity index (χ4v) is 2.37. The standard InChI is InChI=1S/C11H14N4OS/c1-7-8(2)17-11(16)15(7)6-9-4-5-13-10(12-3)14-9/h4-5H,6H2,1-3H3,(H,12,13,14). The molecule has 17 heavy (non-hydrogen) atoms. The number of aromatic nitrogens is 3. The van der Waals surface area contributed by atoms with Crippen molar-refractivity contribution in [3.63, 3.8) is 0 Å². The predicted octanol–water partition coefficient (Wildman–Crippen LogP) is 1.41. The maximum atomic E-state index is 11.7. The maximum Gasteiger partial charge on any atom is 0.307 e. The molecule has 0 bridgehead atoms. The smallest absolute Gasteiger partial charge is 0.307 e. The minimum atomic E-state index is 0.0598. The van der Waals surface area contributed by atoms with Crippen molar-refractivity contribution in [2.45, 2.75) is 20.4 Å². The predicted molar refractivity (Wildman–Crippen MR) is 68.7 cm³/mol. The summed E-state index contributed by atoms with van der Waals surface area (Å²) in [4.78, 5) is 21.2. The number of hydrogen-bond acceptors (Lipinski definition) is 5. The van der Waals surface area contributed by atoms with Gasteiger partial charge in [-0.1, -0.05) is 11.3 Å². The van der Waals surface area contributed by atoms with Gasteiger partial charge in [0.25, 0.3) is 0 Å². The largest absolute Gasteiger partial charge is 0.357 e. The molecule has 0 aromatic carbocycles. The number of aryl methyl sites for hydroxylation is 1. The number of nitrogens with zero attached hydrogens (tertiary/aromatic N) is 3. The Bertz CT molecular complexity index is 587. The molecular formula is C11H14N4OS. The molecule has 0 spiro atoms. The van der Waals surface area contributed by atoms with E-state index in [0.29, 0.717) is 12.5 Å². The Balaban J connectivity index is 2.34. The van der Waals surface area contributed by atoms with Crippen molar-refractivity contribution in [1.29, 1.82) is 0 Å². The fourth-order valence-electron chi connectivity index (χ4n) is 1.54. The number of thiazole rings is 1. The van der Waals surface area contributed by atoms with Crippen molar-refractivity contribution in [2.24, 2.45) is 0 Å². The first-order valence-electron chi connectivity index (χ1n) is 5.28. The molecule has 0 fully saturated rings. The third kappa shape index (κ3) is 2.36. The number of rotatable bonds is 3. The average Bonchev–Trinajstić information content (AvgIpc) is 2.56. The van der Waals surface area contributed by atoms with Crippen molar-refractivity contribution >= 4 is 17.3 Å². The van der Waals surface area contributed by atoms with Crippen LogP contribution in [0.4, 0.5) is 5.95 Å². The summed E-state index contributed by atoms with van der Waals surface area (Å²) in [7, 11) is 1.77. The third-order valence-electron chi connectivity index (χ3n) is 2.63. The average molecular weight is 250 g/mol. The van der Waals surface area contributed by atoms with E-state index in [4.69, 9.17) is 0 Å². The molecule has 2 aromatic heterocycles. The molecule has 90 valence electrons. The van der Waals surface area contributed by atoms with E-state index in [1.807, 2.05) is 19.9 Å². The highest BCUT2D eigenvalue weighted by atomic mass is 32.1. The maximum absolute atomic E-state index is 11.7. The monoisotopic (exact) mass is 250 g/mol. The second-order valence-corrected chi connectivity index (χ2v) is 4.88. The minimum absolute atomic E-state index is 0.0598. The summed E-state index contributed by atoms with van der Waals surface area (Å²) in [6.07, 6.45) is 1.69. The Hall–Kier alpha value is -1.69. The highest BCUT2D eigenvalue weighted by molar-refractivity contribution is 7.09. The van der Waals surface area contributed by atoms with E-state index in [1.54, 1.807) is 17.8 Å². The Morgan fingerprint density at radius 1 is 1.47 bits per heavy atom. The number of hydrogen-bond donors (Lipinski definition) is 1. The van der Waals surface area contributed by atoms with Crippen molar-refractivity contribution in [1.82, 2.24) is 14.5 Å². The Morgan fingerprint density at radius 3 is 2.82 bits per heavy atom. The van der Waals surface area contributed by atoms with E-state index in [1.165, 1.54) is 11.3 Å². The Morgan fingerprint density at radius 2 is 2.24 bits per heavy atom. The van der Waals surface area contributed by atoms with Gasteiger partial charge in [0.05, 0.1) is 12.2 Å². The summed E-state index contributed by atoms with van der Waals surface area (Å²) in [6.45, 7) is 4.40. The van der Waals surface area contributed by atoms with Crippen LogP contribution in [-0.4, -0.2) is 21.6 Å². The molecule has 0 aliphatic heterocycles. The first-order chi connectivity index (χ1) is 8.11. The highest BCUT2D eigenvalue weighted by Crippen LogP contribution is 2.11. The summed E-state index contributed by atoms with van der Waals surface area (Å²) in [5.74, 6) is 0.570. The molecule has 0 amide bonds. The lowest BCUT2D eigenvalue weighted by Gasteiger charge is -2.05. The molecule has 2 heterocycles. The zero-order chi connectivity index (χ0) is 12.4.